The van der Waals surface area contributed by atoms with Crippen molar-refractivity contribution < 1.29 is 44.4 Å². The van der Waals surface area contributed by atoms with Crippen LogP contribution in [0.2, 0.25) is 0 Å². The fourth-order valence-electron chi connectivity index (χ4n) is 4.74. The third kappa shape index (κ3) is 11.2. The van der Waals surface area contributed by atoms with Crippen molar-refractivity contribution in [2.45, 2.75) is 88.4 Å². The number of likely N-dealkylation sites (tertiary alicyclic amines) is 1. The maximum absolute atomic E-state index is 13.8. The van der Waals surface area contributed by atoms with Gasteiger partial charge in [-0.2, -0.15) is 0 Å². The average molecular weight is 637 g/mol. The molecule has 17 nitrogen and oxygen atoms in total. The van der Waals surface area contributed by atoms with E-state index in [0.29, 0.717) is 12.0 Å². The van der Waals surface area contributed by atoms with E-state index in [1.165, 1.54) is 30.9 Å². The van der Waals surface area contributed by atoms with Gasteiger partial charge in [0.05, 0.1) is 12.2 Å². The van der Waals surface area contributed by atoms with Crippen LogP contribution in [0, 0.1) is 0 Å². The Balaban J connectivity index is 2.28. The molecule has 0 saturated carbocycles. The summed E-state index contributed by atoms with van der Waals surface area (Å²) in [6.07, 6.45) is -1.77. The summed E-state index contributed by atoms with van der Waals surface area (Å²) >= 11 is 0. The van der Waals surface area contributed by atoms with Crippen LogP contribution in [0.1, 0.15) is 45.1 Å². The van der Waals surface area contributed by atoms with Crippen molar-refractivity contribution >= 4 is 35.6 Å². The number of aliphatic imine (C=N–C) groups is 1. The first kappa shape index (κ1) is 36.7. The zero-order valence-electron chi connectivity index (χ0n) is 25.3. The number of nitrogens with zero attached hydrogens (tertiary/aromatic N) is 2. The number of aromatic hydroxyl groups is 1. The van der Waals surface area contributed by atoms with Crippen molar-refractivity contribution in [3.05, 3.63) is 29.8 Å². The van der Waals surface area contributed by atoms with Crippen LogP contribution < -0.4 is 33.2 Å². The number of phenolic OH excluding ortho intramolecular Hbond substituents is 1. The number of guanidine groups is 1. The second kappa shape index (κ2) is 17.1. The molecule has 0 aliphatic carbocycles. The fraction of sp³-hybridized carbons (Fsp3) is 0.571. The molecule has 13 N–H and O–H groups in total. The molecule has 0 radical (unpaired) electrons. The number of carboxylic acid groups (broad SMARTS) is 1. The molecule has 1 heterocycles. The molecule has 250 valence electrons. The minimum atomic E-state index is -1.64. The zero-order chi connectivity index (χ0) is 33.8. The second-order valence-electron chi connectivity index (χ2n) is 11.0. The molecule has 1 fully saturated rings. The van der Waals surface area contributed by atoms with Crippen LogP contribution in [0.5, 0.6) is 5.75 Å². The molecular weight excluding hydrogens is 592 g/mol. The van der Waals surface area contributed by atoms with Crippen molar-refractivity contribution in [1.29, 1.82) is 0 Å². The molecule has 4 amide bonds. The number of aliphatic carboxylic acids is 1. The van der Waals surface area contributed by atoms with E-state index in [1.807, 2.05) is 0 Å². The number of aliphatic hydroxyl groups is 2. The third-order valence-corrected chi connectivity index (χ3v) is 7.28. The predicted octanol–water partition coefficient (Wildman–Crippen LogP) is -3.39. The maximum atomic E-state index is 13.8. The second-order valence-corrected chi connectivity index (χ2v) is 11.0. The van der Waals surface area contributed by atoms with Crippen LogP contribution >= 0.6 is 0 Å². The van der Waals surface area contributed by atoms with Gasteiger partial charge in [0.2, 0.25) is 23.6 Å². The molecular formula is C28H44N8O9. The number of nitrogens with two attached hydrogens (primary N) is 3. The van der Waals surface area contributed by atoms with Crippen LogP contribution in [0.3, 0.4) is 0 Å². The molecule has 0 aromatic heterocycles. The van der Waals surface area contributed by atoms with E-state index >= 15 is 0 Å². The van der Waals surface area contributed by atoms with E-state index in [9.17, 15) is 44.4 Å². The topological polar surface area (TPSA) is 296 Å². The summed E-state index contributed by atoms with van der Waals surface area (Å²) in [5.41, 5.74) is 17.0. The quantitative estimate of drug-likeness (QED) is 0.0483. The lowest BCUT2D eigenvalue weighted by Crippen LogP contribution is -2.59. The van der Waals surface area contributed by atoms with Crippen molar-refractivity contribution in [2.24, 2.45) is 22.2 Å². The minimum absolute atomic E-state index is 0.00178. The van der Waals surface area contributed by atoms with Gasteiger partial charge in [-0.05, 0) is 57.2 Å². The molecule has 45 heavy (non-hydrogen) atoms. The van der Waals surface area contributed by atoms with Crippen molar-refractivity contribution in [3.8, 4) is 5.75 Å². The monoisotopic (exact) mass is 636 g/mol. The summed E-state index contributed by atoms with van der Waals surface area (Å²) in [5, 5.41) is 46.0. The van der Waals surface area contributed by atoms with Gasteiger partial charge in [-0.1, -0.05) is 12.1 Å². The summed E-state index contributed by atoms with van der Waals surface area (Å²) in [6.45, 7) is 2.79. The standard InChI is InChI=1S/C28H44N8O9/c1-14(37)21(29)25(42)34-19(13-16-7-9-17(39)10-8-16)26(43)36-12-4-6-20(36)24(41)33-18(5-3-11-32-28(30)31)23(40)35-22(15(2)38)27(44)45/h7-10,14-15,18-22,37-39H,3-6,11-13,29H2,1-2H3,(H,33,41)(H,34,42)(H,35,40)(H,44,45)(H4,30,31,32)/t14-,15-,18+,19+,20+,21+,22+/m1/s1. The molecule has 1 aliphatic heterocycles. The number of nitrogens with one attached hydrogen (secondary N) is 3. The van der Waals surface area contributed by atoms with Gasteiger partial charge in [-0.3, -0.25) is 24.2 Å². The molecule has 0 unspecified atom stereocenters. The SMILES string of the molecule is C[C@@H](O)[C@H](N)C(=O)N[C@@H](Cc1ccc(O)cc1)C(=O)N1CCC[C@H]1C(=O)N[C@@H](CCCN=C(N)N)C(=O)N[C@H](C(=O)O)[C@@H](C)O. The molecule has 1 aromatic carbocycles. The Morgan fingerprint density at radius 1 is 0.978 bits per heavy atom. The van der Waals surface area contributed by atoms with E-state index in [2.05, 4.69) is 20.9 Å². The first-order valence-electron chi connectivity index (χ1n) is 14.5. The number of carboxylic acids is 1. The summed E-state index contributed by atoms with van der Waals surface area (Å²) < 4.78 is 0. The summed E-state index contributed by atoms with van der Waals surface area (Å²) in [5.74, 6) is -4.62. The Kier molecular flexibility index (Phi) is 14.0. The minimum Gasteiger partial charge on any atom is -0.508 e. The molecule has 0 spiro atoms. The Labute approximate surface area is 260 Å². The van der Waals surface area contributed by atoms with Gasteiger partial charge in [0, 0.05) is 19.5 Å². The number of hydrogen-bond acceptors (Lipinski definition) is 10. The van der Waals surface area contributed by atoms with E-state index in [1.54, 1.807) is 12.1 Å². The molecule has 1 saturated heterocycles. The number of phenols is 1. The average Bonchev–Trinajstić information content (AvgIpc) is 3.46. The lowest BCUT2D eigenvalue weighted by atomic mass is 10.0. The number of rotatable bonds is 16. The van der Waals surface area contributed by atoms with Crippen molar-refractivity contribution in [2.75, 3.05) is 13.1 Å². The first-order valence-corrected chi connectivity index (χ1v) is 14.5. The molecule has 1 aliphatic rings. The van der Waals surface area contributed by atoms with Gasteiger partial charge in [0.25, 0.3) is 0 Å². The van der Waals surface area contributed by atoms with E-state index < -0.39 is 72.0 Å². The number of amides is 4. The molecule has 0 bridgehead atoms. The van der Waals surface area contributed by atoms with Gasteiger partial charge in [0.1, 0.15) is 29.9 Å². The summed E-state index contributed by atoms with van der Waals surface area (Å²) in [7, 11) is 0. The Hall–Kier alpha value is -4.48. The zero-order valence-corrected chi connectivity index (χ0v) is 25.3. The molecule has 1 aromatic rings. The Morgan fingerprint density at radius 3 is 2.18 bits per heavy atom. The Morgan fingerprint density at radius 2 is 1.62 bits per heavy atom. The normalized spacial score (nSPS) is 18.4. The summed E-state index contributed by atoms with van der Waals surface area (Å²) in [6, 6.07) is -0.510. The number of hydrogen-bond donors (Lipinski definition) is 10. The predicted molar refractivity (Wildman–Crippen MR) is 161 cm³/mol. The van der Waals surface area contributed by atoms with Gasteiger partial charge in [-0.15, -0.1) is 0 Å². The lowest BCUT2D eigenvalue weighted by Gasteiger charge is -2.31. The van der Waals surface area contributed by atoms with Gasteiger partial charge < -0.3 is 58.5 Å². The lowest BCUT2D eigenvalue weighted by molar-refractivity contribution is -0.145. The van der Waals surface area contributed by atoms with Crippen LogP contribution in [0.25, 0.3) is 0 Å². The van der Waals surface area contributed by atoms with Crippen LogP contribution in [0.15, 0.2) is 29.3 Å². The number of benzene rings is 1. The highest BCUT2D eigenvalue weighted by atomic mass is 16.4. The van der Waals surface area contributed by atoms with E-state index in [-0.39, 0.29) is 50.5 Å². The highest BCUT2D eigenvalue weighted by Crippen LogP contribution is 2.21. The van der Waals surface area contributed by atoms with Crippen LogP contribution in [-0.4, -0.2) is 116 Å². The van der Waals surface area contributed by atoms with E-state index in [0.717, 1.165) is 0 Å². The van der Waals surface area contributed by atoms with Crippen LogP contribution in [-0.2, 0) is 30.4 Å². The number of carbonyl (C=O) groups excluding carboxylic acids is 4. The van der Waals surface area contributed by atoms with Crippen molar-refractivity contribution in [3.63, 3.8) is 0 Å². The molecule has 7 atom stereocenters. The maximum Gasteiger partial charge on any atom is 0.328 e. The highest BCUT2D eigenvalue weighted by Gasteiger charge is 2.40. The number of carbonyl (C=O) groups is 5. The molecule has 17 heteroatoms. The fourth-order valence-corrected chi connectivity index (χ4v) is 4.74. The summed E-state index contributed by atoms with van der Waals surface area (Å²) in [4.78, 5) is 69.8. The van der Waals surface area contributed by atoms with Gasteiger partial charge in [0.15, 0.2) is 12.0 Å². The number of aliphatic hydroxyl groups excluding tert-OH is 2. The van der Waals surface area contributed by atoms with Crippen LogP contribution in [0.4, 0.5) is 0 Å². The van der Waals surface area contributed by atoms with Gasteiger partial charge in [-0.25, -0.2) is 4.79 Å². The van der Waals surface area contributed by atoms with E-state index in [4.69, 9.17) is 17.2 Å². The van der Waals surface area contributed by atoms with Crippen molar-refractivity contribution in [1.82, 2.24) is 20.9 Å². The third-order valence-electron chi connectivity index (χ3n) is 7.28. The Bertz CT molecular complexity index is 1220. The smallest absolute Gasteiger partial charge is 0.328 e. The first-order chi connectivity index (χ1) is 21.1. The largest absolute Gasteiger partial charge is 0.508 e. The highest BCUT2D eigenvalue weighted by molar-refractivity contribution is 5.96. The van der Waals surface area contributed by atoms with Gasteiger partial charge >= 0.3 is 5.97 Å². The molecule has 2 rings (SSSR count).